The molecule has 7 heteroatoms. The van der Waals surface area contributed by atoms with E-state index < -0.39 is 11.9 Å². The summed E-state index contributed by atoms with van der Waals surface area (Å²) >= 11 is 6.22. The summed E-state index contributed by atoms with van der Waals surface area (Å²) in [5.41, 5.74) is 1.17. The lowest BCUT2D eigenvalue weighted by molar-refractivity contribution is -0.132. The maximum Gasteiger partial charge on any atom is 0.363 e. The Morgan fingerprint density at radius 2 is 1.74 bits per heavy atom. The van der Waals surface area contributed by atoms with Crippen molar-refractivity contribution in [3.05, 3.63) is 94.6 Å². The molecule has 0 fully saturated rings. The minimum atomic E-state index is -0.613. The summed E-state index contributed by atoms with van der Waals surface area (Å²) in [7, 11) is 0. The maximum atomic E-state index is 12.3. The van der Waals surface area contributed by atoms with E-state index in [-0.39, 0.29) is 17.3 Å². The van der Waals surface area contributed by atoms with Gasteiger partial charge in [-0.1, -0.05) is 41.9 Å². The summed E-state index contributed by atoms with van der Waals surface area (Å²) in [6.45, 7) is 1.29. The van der Waals surface area contributed by atoms with E-state index in [0.717, 1.165) is 0 Å². The van der Waals surface area contributed by atoms with Crippen LogP contribution < -0.4 is 9.47 Å². The number of ether oxygens (including phenoxy) is 3. The number of carbonyl (C=O) groups excluding carboxylic acids is 2. The van der Waals surface area contributed by atoms with E-state index in [1.165, 1.54) is 19.1 Å². The number of para-hydroxylation sites is 1. The number of cyclic esters (lactones) is 1. The summed E-state index contributed by atoms with van der Waals surface area (Å²) in [6, 6.07) is 21.2. The largest absolute Gasteiger partial charge is 0.457 e. The van der Waals surface area contributed by atoms with Gasteiger partial charge >= 0.3 is 11.9 Å². The Kier molecular flexibility index (Phi) is 5.82. The summed E-state index contributed by atoms with van der Waals surface area (Å²) in [4.78, 5) is 27.8. The Morgan fingerprint density at radius 3 is 2.52 bits per heavy atom. The van der Waals surface area contributed by atoms with Crippen LogP contribution in [0.25, 0.3) is 6.08 Å². The van der Waals surface area contributed by atoms with Crippen molar-refractivity contribution < 1.29 is 23.8 Å². The van der Waals surface area contributed by atoms with Crippen LogP contribution in [0.3, 0.4) is 0 Å². The second-order valence-electron chi connectivity index (χ2n) is 6.56. The number of hydrogen-bond donors (Lipinski definition) is 0. The SMILES string of the molecule is CC(=O)Oc1ccc(Cl)c(C2=N/C(=C\c3cccc(Oc4ccccc4)c3)C(=O)O2)c1. The third-order valence-corrected chi connectivity index (χ3v) is 4.52. The number of nitrogens with zero attached hydrogens (tertiary/aromatic N) is 1. The minimum absolute atomic E-state index is 0.0342. The first-order valence-electron chi connectivity index (χ1n) is 9.32. The second-order valence-corrected chi connectivity index (χ2v) is 6.97. The Morgan fingerprint density at radius 1 is 0.968 bits per heavy atom. The van der Waals surface area contributed by atoms with Gasteiger partial charge in [-0.05, 0) is 54.1 Å². The van der Waals surface area contributed by atoms with Crippen LogP contribution in [-0.4, -0.2) is 17.8 Å². The second kappa shape index (κ2) is 8.85. The van der Waals surface area contributed by atoms with Gasteiger partial charge < -0.3 is 14.2 Å². The first kappa shape index (κ1) is 20.4. The Balaban J connectivity index is 1.60. The number of halogens is 1. The summed E-state index contributed by atoms with van der Waals surface area (Å²) in [6.07, 6.45) is 1.59. The molecule has 0 atom stereocenters. The molecule has 3 aromatic carbocycles. The number of benzene rings is 3. The van der Waals surface area contributed by atoms with Gasteiger partial charge in [0.25, 0.3) is 0 Å². The summed E-state index contributed by atoms with van der Waals surface area (Å²) in [5, 5.41) is 0.307. The molecule has 0 saturated carbocycles. The van der Waals surface area contributed by atoms with Crippen molar-refractivity contribution >= 4 is 35.5 Å². The molecule has 0 aliphatic carbocycles. The van der Waals surface area contributed by atoms with Crippen LogP contribution in [0.15, 0.2) is 83.5 Å². The van der Waals surface area contributed by atoms with Gasteiger partial charge in [-0.3, -0.25) is 4.79 Å². The molecule has 0 saturated heterocycles. The van der Waals surface area contributed by atoms with Gasteiger partial charge in [-0.15, -0.1) is 0 Å². The molecule has 4 rings (SSSR count). The van der Waals surface area contributed by atoms with Gasteiger partial charge in [-0.25, -0.2) is 9.79 Å². The molecular weight excluding hydrogens is 418 g/mol. The fourth-order valence-electron chi connectivity index (χ4n) is 2.87. The van der Waals surface area contributed by atoms with Crippen molar-refractivity contribution in [1.29, 1.82) is 0 Å². The number of carbonyl (C=O) groups is 2. The molecule has 31 heavy (non-hydrogen) atoms. The lowest BCUT2D eigenvalue weighted by Gasteiger charge is -2.06. The predicted octanol–water partition coefficient (Wildman–Crippen LogP) is 5.40. The lowest BCUT2D eigenvalue weighted by atomic mass is 10.2. The highest BCUT2D eigenvalue weighted by atomic mass is 35.5. The fraction of sp³-hybridized carbons (Fsp3) is 0.0417. The molecule has 0 aromatic heterocycles. The molecule has 0 N–H and O–H groups in total. The van der Waals surface area contributed by atoms with Crippen LogP contribution in [0, 0.1) is 0 Å². The number of hydrogen-bond acceptors (Lipinski definition) is 6. The van der Waals surface area contributed by atoms with Crippen molar-refractivity contribution in [2.45, 2.75) is 6.92 Å². The highest BCUT2D eigenvalue weighted by molar-refractivity contribution is 6.34. The van der Waals surface area contributed by atoms with E-state index in [1.54, 1.807) is 18.2 Å². The Hall–Kier alpha value is -3.90. The van der Waals surface area contributed by atoms with Crippen molar-refractivity contribution in [2.24, 2.45) is 4.99 Å². The number of esters is 2. The van der Waals surface area contributed by atoms with E-state index in [2.05, 4.69) is 4.99 Å². The van der Waals surface area contributed by atoms with Crippen molar-refractivity contribution in [3.8, 4) is 17.2 Å². The first-order valence-corrected chi connectivity index (χ1v) is 9.69. The smallest absolute Gasteiger partial charge is 0.363 e. The average Bonchev–Trinajstić information content (AvgIpc) is 3.10. The third kappa shape index (κ3) is 4.99. The van der Waals surface area contributed by atoms with Crippen LogP contribution in [0.1, 0.15) is 18.1 Å². The molecular formula is C24H16ClNO5. The number of aliphatic imine (C=N–C) groups is 1. The first-order chi connectivity index (χ1) is 15.0. The standard InChI is InChI=1S/C24H16ClNO5/c1-15(27)29-19-10-11-21(25)20(14-19)23-26-22(24(28)31-23)13-16-6-5-9-18(12-16)30-17-7-3-2-4-8-17/h2-14H,1H3/b22-13-. The quantitative estimate of drug-likeness (QED) is 0.306. The zero-order chi connectivity index (χ0) is 21.8. The van der Waals surface area contributed by atoms with E-state index in [4.69, 9.17) is 25.8 Å². The van der Waals surface area contributed by atoms with Crippen LogP contribution in [0.4, 0.5) is 0 Å². The van der Waals surface area contributed by atoms with Crippen LogP contribution in [0.5, 0.6) is 17.2 Å². The maximum absolute atomic E-state index is 12.3. The van der Waals surface area contributed by atoms with Gasteiger partial charge in [0, 0.05) is 6.92 Å². The van der Waals surface area contributed by atoms with Crippen LogP contribution >= 0.6 is 11.6 Å². The molecule has 6 nitrogen and oxygen atoms in total. The van der Waals surface area contributed by atoms with Crippen LogP contribution in [-0.2, 0) is 14.3 Å². The van der Waals surface area contributed by atoms with Gasteiger partial charge in [-0.2, -0.15) is 0 Å². The molecule has 0 spiro atoms. The minimum Gasteiger partial charge on any atom is -0.457 e. The van der Waals surface area contributed by atoms with E-state index in [9.17, 15) is 9.59 Å². The number of rotatable bonds is 5. The molecule has 154 valence electrons. The van der Waals surface area contributed by atoms with Crippen LogP contribution in [0.2, 0.25) is 5.02 Å². The zero-order valence-electron chi connectivity index (χ0n) is 16.4. The average molecular weight is 434 g/mol. The predicted molar refractivity (Wildman–Crippen MR) is 116 cm³/mol. The molecule has 1 heterocycles. The zero-order valence-corrected chi connectivity index (χ0v) is 17.1. The normalized spacial score (nSPS) is 14.2. The fourth-order valence-corrected chi connectivity index (χ4v) is 3.07. The topological polar surface area (TPSA) is 74.2 Å². The Labute approximate surface area is 183 Å². The summed E-state index contributed by atoms with van der Waals surface area (Å²) in [5.74, 6) is 0.541. The van der Waals surface area contributed by atoms with E-state index >= 15 is 0 Å². The van der Waals surface area contributed by atoms with Crippen molar-refractivity contribution in [1.82, 2.24) is 0 Å². The lowest BCUT2D eigenvalue weighted by Crippen LogP contribution is -2.07. The van der Waals surface area contributed by atoms with Gasteiger partial charge in [0.1, 0.15) is 17.2 Å². The Bertz CT molecular complexity index is 1220. The monoisotopic (exact) mass is 433 g/mol. The highest BCUT2D eigenvalue weighted by Crippen LogP contribution is 2.28. The van der Waals surface area contributed by atoms with Gasteiger partial charge in [0.05, 0.1) is 10.6 Å². The third-order valence-electron chi connectivity index (χ3n) is 4.19. The summed E-state index contributed by atoms with van der Waals surface area (Å²) < 4.78 is 16.2. The molecule has 1 aliphatic heterocycles. The molecule has 0 bridgehead atoms. The van der Waals surface area contributed by atoms with Crippen molar-refractivity contribution in [3.63, 3.8) is 0 Å². The van der Waals surface area contributed by atoms with E-state index in [1.807, 2.05) is 48.5 Å². The van der Waals surface area contributed by atoms with Gasteiger partial charge in [0.15, 0.2) is 5.70 Å². The molecule has 0 unspecified atom stereocenters. The molecule has 0 amide bonds. The van der Waals surface area contributed by atoms with E-state index in [0.29, 0.717) is 27.6 Å². The molecule has 3 aromatic rings. The molecule has 1 aliphatic rings. The van der Waals surface area contributed by atoms with Crippen molar-refractivity contribution in [2.75, 3.05) is 0 Å². The van der Waals surface area contributed by atoms with Gasteiger partial charge in [0.2, 0.25) is 5.90 Å². The highest BCUT2D eigenvalue weighted by Gasteiger charge is 2.26. The molecule has 0 radical (unpaired) electrons.